The number of para-hydroxylation sites is 1. The molecule has 3 heterocycles. The van der Waals surface area contributed by atoms with Crippen molar-refractivity contribution in [3.05, 3.63) is 91.8 Å². The number of halogens is 1. The molecule has 0 bridgehead atoms. The summed E-state index contributed by atoms with van der Waals surface area (Å²) in [7, 11) is 0. The van der Waals surface area contributed by atoms with E-state index in [0.29, 0.717) is 34.8 Å². The Balaban J connectivity index is 1.61. The van der Waals surface area contributed by atoms with Crippen molar-refractivity contribution in [3.63, 3.8) is 0 Å². The van der Waals surface area contributed by atoms with Crippen LogP contribution in [0, 0.1) is 6.92 Å². The summed E-state index contributed by atoms with van der Waals surface area (Å²) < 4.78 is 8.60. The molecule has 0 unspecified atom stereocenters. The van der Waals surface area contributed by atoms with Gasteiger partial charge in [-0.1, -0.05) is 64.9 Å². The summed E-state index contributed by atoms with van der Waals surface area (Å²) in [5.41, 5.74) is 4.06. The number of hydrogen-bond acceptors (Lipinski definition) is 6. The van der Waals surface area contributed by atoms with E-state index in [-0.39, 0.29) is 22.7 Å². The summed E-state index contributed by atoms with van der Waals surface area (Å²) in [6, 6.07) is 16.8. The van der Waals surface area contributed by atoms with Crippen molar-refractivity contribution in [1.29, 1.82) is 0 Å². The number of aryl methyl sites for hydroxylation is 1. The lowest BCUT2D eigenvalue weighted by atomic mass is 9.91. The van der Waals surface area contributed by atoms with E-state index in [1.54, 1.807) is 16.7 Å². The van der Waals surface area contributed by atoms with Crippen LogP contribution in [0.4, 0.5) is 0 Å². The average Bonchev–Trinajstić information content (AvgIpc) is 2.87. The zero-order valence-corrected chi connectivity index (χ0v) is 22.8. The first kappa shape index (κ1) is 24.9. The van der Waals surface area contributed by atoms with Gasteiger partial charge in [0.05, 0.1) is 34.7 Å². The number of nitrogens with zero attached hydrogens (tertiary/aromatic N) is 3. The van der Waals surface area contributed by atoms with Crippen molar-refractivity contribution >= 4 is 44.5 Å². The second-order valence-electron chi connectivity index (χ2n) is 9.27. The standard InChI is InChI=1S/C28H26BrN3O3S/c1-4-28(3)14-22-19(15-35-28)13-21-25(30-22)31-27(32(26(21)34)23-8-6-5-7-17(23)2)36-16-24(33)18-9-11-20(29)12-10-18/h5-13H,4,14-16H2,1-3H3/t28-/m0/s1. The second kappa shape index (κ2) is 9.92. The lowest BCUT2D eigenvalue weighted by Gasteiger charge is -2.33. The van der Waals surface area contributed by atoms with Crippen LogP contribution < -0.4 is 5.56 Å². The van der Waals surface area contributed by atoms with Crippen molar-refractivity contribution in [2.24, 2.45) is 0 Å². The van der Waals surface area contributed by atoms with E-state index >= 15 is 0 Å². The summed E-state index contributed by atoms with van der Waals surface area (Å²) >= 11 is 4.66. The molecule has 0 saturated carbocycles. The number of thioether (sulfide) groups is 1. The molecule has 0 saturated heterocycles. The van der Waals surface area contributed by atoms with E-state index in [2.05, 4.69) is 29.8 Å². The highest BCUT2D eigenvalue weighted by Gasteiger charge is 2.31. The second-order valence-corrected chi connectivity index (χ2v) is 11.1. The van der Waals surface area contributed by atoms with Crippen molar-refractivity contribution < 1.29 is 9.53 Å². The van der Waals surface area contributed by atoms with Gasteiger partial charge in [-0.2, -0.15) is 0 Å². The van der Waals surface area contributed by atoms with Crippen LogP contribution in [-0.2, 0) is 17.8 Å². The van der Waals surface area contributed by atoms with Crippen LogP contribution >= 0.6 is 27.7 Å². The molecule has 184 valence electrons. The highest BCUT2D eigenvalue weighted by Crippen LogP contribution is 2.31. The Labute approximate surface area is 222 Å². The van der Waals surface area contributed by atoms with Gasteiger partial charge < -0.3 is 4.74 Å². The predicted octanol–water partition coefficient (Wildman–Crippen LogP) is 6.07. The minimum absolute atomic E-state index is 0.0348. The Bertz CT molecular complexity index is 1530. The number of benzene rings is 2. The largest absolute Gasteiger partial charge is 0.370 e. The van der Waals surface area contributed by atoms with E-state index < -0.39 is 0 Å². The van der Waals surface area contributed by atoms with Gasteiger partial charge in [-0.25, -0.2) is 9.97 Å². The molecule has 2 aromatic heterocycles. The molecule has 36 heavy (non-hydrogen) atoms. The number of Topliss-reactive ketones (excluding diaryl/α,β-unsaturated/α-hetero) is 1. The van der Waals surface area contributed by atoms with E-state index in [9.17, 15) is 9.59 Å². The molecule has 0 amide bonds. The zero-order valence-electron chi connectivity index (χ0n) is 20.4. The number of aromatic nitrogens is 3. The monoisotopic (exact) mass is 563 g/mol. The van der Waals surface area contributed by atoms with E-state index in [4.69, 9.17) is 14.7 Å². The molecule has 5 rings (SSSR count). The number of ketones is 1. The van der Waals surface area contributed by atoms with Crippen molar-refractivity contribution in [3.8, 4) is 5.69 Å². The van der Waals surface area contributed by atoms with E-state index in [1.807, 2.05) is 49.4 Å². The van der Waals surface area contributed by atoms with Crippen LogP contribution in [0.5, 0.6) is 0 Å². The van der Waals surface area contributed by atoms with Crippen LogP contribution in [0.15, 0.2) is 69.0 Å². The maximum absolute atomic E-state index is 13.9. The third-order valence-corrected chi connectivity index (χ3v) is 8.18. The zero-order chi connectivity index (χ0) is 25.4. The van der Waals surface area contributed by atoms with Gasteiger partial charge in [-0.3, -0.25) is 14.2 Å². The van der Waals surface area contributed by atoms with E-state index in [0.717, 1.165) is 33.4 Å². The fraction of sp³-hybridized carbons (Fsp3) is 0.286. The van der Waals surface area contributed by atoms with Crippen molar-refractivity contribution in [2.45, 2.75) is 51.0 Å². The third kappa shape index (κ3) is 4.77. The van der Waals surface area contributed by atoms with Crippen molar-refractivity contribution in [2.75, 3.05) is 5.75 Å². The Morgan fingerprint density at radius 2 is 1.92 bits per heavy atom. The molecule has 1 aliphatic rings. The van der Waals surface area contributed by atoms with Crippen LogP contribution in [0.3, 0.4) is 0 Å². The predicted molar refractivity (Wildman–Crippen MR) is 146 cm³/mol. The van der Waals surface area contributed by atoms with Crippen LogP contribution in [0.25, 0.3) is 16.7 Å². The molecular weight excluding hydrogens is 538 g/mol. The first-order chi connectivity index (χ1) is 17.3. The molecule has 8 heteroatoms. The van der Waals surface area contributed by atoms with Gasteiger partial charge in [-0.05, 0) is 50.1 Å². The molecule has 0 radical (unpaired) electrons. The first-order valence-electron chi connectivity index (χ1n) is 11.8. The van der Waals surface area contributed by atoms with Crippen LogP contribution in [-0.4, -0.2) is 31.7 Å². The quantitative estimate of drug-likeness (QED) is 0.161. The van der Waals surface area contributed by atoms with E-state index in [1.165, 1.54) is 11.8 Å². The molecule has 4 aromatic rings. The Kier molecular flexibility index (Phi) is 6.85. The van der Waals surface area contributed by atoms with Crippen molar-refractivity contribution in [1.82, 2.24) is 14.5 Å². The number of carbonyl (C=O) groups is 1. The summed E-state index contributed by atoms with van der Waals surface area (Å²) in [6.07, 6.45) is 1.54. The van der Waals surface area contributed by atoms with Gasteiger partial charge in [0.15, 0.2) is 16.6 Å². The number of ether oxygens (including phenoxy) is 1. The molecule has 6 nitrogen and oxygen atoms in total. The number of fused-ring (bicyclic) bond motifs is 2. The fourth-order valence-corrected chi connectivity index (χ4v) is 5.46. The first-order valence-corrected chi connectivity index (χ1v) is 13.6. The molecule has 1 atom stereocenters. The maximum Gasteiger partial charge on any atom is 0.268 e. The average molecular weight is 565 g/mol. The summed E-state index contributed by atoms with van der Waals surface area (Å²) in [4.78, 5) is 36.4. The molecule has 2 aromatic carbocycles. The number of carbonyl (C=O) groups excluding carboxylic acids is 1. The van der Waals surface area contributed by atoms with Gasteiger partial charge in [0.2, 0.25) is 0 Å². The molecule has 1 aliphatic heterocycles. The smallest absolute Gasteiger partial charge is 0.268 e. The Morgan fingerprint density at radius 1 is 1.17 bits per heavy atom. The minimum Gasteiger partial charge on any atom is -0.370 e. The molecular formula is C28H26BrN3O3S. The number of hydrogen-bond donors (Lipinski definition) is 0. The summed E-state index contributed by atoms with van der Waals surface area (Å²) in [6.45, 7) is 6.56. The van der Waals surface area contributed by atoms with Gasteiger partial charge in [0, 0.05) is 22.0 Å². The molecule has 0 N–H and O–H groups in total. The van der Waals surface area contributed by atoms with Crippen LogP contribution in [0.2, 0.25) is 0 Å². The highest BCUT2D eigenvalue weighted by atomic mass is 79.9. The minimum atomic E-state index is -0.279. The van der Waals surface area contributed by atoms with Crippen LogP contribution in [0.1, 0.15) is 47.4 Å². The number of rotatable bonds is 6. The van der Waals surface area contributed by atoms with Gasteiger partial charge in [0.1, 0.15) is 0 Å². The third-order valence-electron chi connectivity index (χ3n) is 6.72. The topological polar surface area (TPSA) is 74.1 Å². The summed E-state index contributed by atoms with van der Waals surface area (Å²) in [5.74, 6) is 0.116. The Hall–Kier alpha value is -2.81. The fourth-order valence-electron chi connectivity index (χ4n) is 4.31. The molecule has 0 spiro atoms. The SMILES string of the molecule is CC[C@@]1(C)Cc2nc3nc(SCC(=O)c4ccc(Br)cc4)n(-c4ccccc4C)c(=O)c3cc2CO1. The van der Waals surface area contributed by atoms with Gasteiger partial charge >= 0.3 is 0 Å². The lowest BCUT2D eigenvalue weighted by molar-refractivity contribution is -0.0573. The van der Waals surface area contributed by atoms with Gasteiger partial charge in [-0.15, -0.1) is 0 Å². The maximum atomic E-state index is 13.9. The summed E-state index contributed by atoms with van der Waals surface area (Å²) in [5, 5.41) is 0.898. The number of pyridine rings is 1. The Morgan fingerprint density at radius 3 is 2.64 bits per heavy atom. The molecule has 0 aliphatic carbocycles. The molecule has 0 fully saturated rings. The normalized spacial score (nSPS) is 17.2. The lowest BCUT2D eigenvalue weighted by Crippen LogP contribution is -2.35. The highest BCUT2D eigenvalue weighted by molar-refractivity contribution is 9.10. The van der Waals surface area contributed by atoms with Gasteiger partial charge in [0.25, 0.3) is 5.56 Å².